The summed E-state index contributed by atoms with van der Waals surface area (Å²) >= 11 is 0. The average molecular weight is 822 g/mol. The Labute approximate surface area is 359 Å². The molecule has 0 heterocycles. The van der Waals surface area contributed by atoms with Crippen LogP contribution < -0.4 is 0 Å². The van der Waals surface area contributed by atoms with Gasteiger partial charge < -0.3 is 29.0 Å². The van der Waals surface area contributed by atoms with Crippen molar-refractivity contribution in [2.45, 2.75) is 227 Å². The van der Waals surface area contributed by atoms with Crippen LogP contribution in [-0.4, -0.2) is 80.9 Å². The van der Waals surface area contributed by atoms with Gasteiger partial charge in [-0.3, -0.25) is 9.59 Å². The highest BCUT2D eigenvalue weighted by Crippen LogP contribution is 2.21. The smallest absolute Gasteiger partial charge is 0.305 e. The summed E-state index contributed by atoms with van der Waals surface area (Å²) in [7, 11) is 0. The fraction of sp³-hybridized carbons (Fsp3) is 0.880. The van der Waals surface area contributed by atoms with Crippen molar-refractivity contribution in [1.82, 2.24) is 4.90 Å². The van der Waals surface area contributed by atoms with Gasteiger partial charge >= 0.3 is 11.9 Å². The van der Waals surface area contributed by atoms with Crippen LogP contribution in [0.25, 0.3) is 0 Å². The average Bonchev–Trinajstić information content (AvgIpc) is 3.22. The summed E-state index contributed by atoms with van der Waals surface area (Å²) in [5.41, 5.74) is 0. The van der Waals surface area contributed by atoms with Gasteiger partial charge in [0, 0.05) is 39.2 Å². The summed E-state index contributed by atoms with van der Waals surface area (Å²) in [4.78, 5) is 27.3. The van der Waals surface area contributed by atoms with Crippen LogP contribution >= 0.6 is 0 Å². The highest BCUT2D eigenvalue weighted by Gasteiger charge is 2.14. The number of carbonyl (C=O) groups excluding carboxylic acids is 2. The molecule has 8 nitrogen and oxygen atoms in total. The minimum absolute atomic E-state index is 0.0254. The number of carbonyl (C=O) groups is 2. The lowest BCUT2D eigenvalue weighted by Crippen LogP contribution is -2.28. The Hall–Kier alpha value is -1.74. The van der Waals surface area contributed by atoms with Crippen molar-refractivity contribution >= 4 is 11.9 Å². The van der Waals surface area contributed by atoms with Gasteiger partial charge in [0.25, 0.3) is 0 Å². The van der Waals surface area contributed by atoms with Crippen molar-refractivity contribution < 1.29 is 33.6 Å². The van der Waals surface area contributed by atoms with E-state index in [1.807, 2.05) is 0 Å². The molecule has 0 amide bonds. The van der Waals surface area contributed by atoms with Crippen molar-refractivity contribution in [3.8, 4) is 0 Å². The monoisotopic (exact) mass is 822 g/mol. The molecule has 0 saturated carbocycles. The summed E-state index contributed by atoms with van der Waals surface area (Å²) < 4.78 is 23.3. The van der Waals surface area contributed by atoms with Gasteiger partial charge in [-0.25, -0.2) is 0 Å². The molecule has 0 aromatic heterocycles. The first kappa shape index (κ1) is 56.3. The molecule has 0 radical (unpaired) electrons. The van der Waals surface area contributed by atoms with Crippen LogP contribution in [0.5, 0.6) is 0 Å². The third kappa shape index (κ3) is 41.0. The molecule has 0 aromatic rings. The number of nitrogens with zero attached hydrogens (tertiary/aromatic N) is 1. The normalized spacial score (nSPS) is 12.5. The van der Waals surface area contributed by atoms with Gasteiger partial charge in [0.05, 0.1) is 19.6 Å². The summed E-state index contributed by atoms with van der Waals surface area (Å²) in [6, 6.07) is 0. The summed E-state index contributed by atoms with van der Waals surface area (Å²) in [5, 5.41) is 9.42. The zero-order valence-corrected chi connectivity index (χ0v) is 38.7. The third-order valence-electron chi connectivity index (χ3n) is 10.9. The molecule has 1 atom stereocenters. The second-order valence-corrected chi connectivity index (χ2v) is 16.4. The molecule has 8 heteroatoms. The second kappa shape index (κ2) is 46.3. The molecule has 342 valence electrons. The van der Waals surface area contributed by atoms with Crippen molar-refractivity contribution in [2.24, 2.45) is 5.92 Å². The lowest BCUT2D eigenvalue weighted by Gasteiger charge is -2.22. The maximum Gasteiger partial charge on any atom is 0.305 e. The van der Waals surface area contributed by atoms with Crippen molar-refractivity contribution in [3.05, 3.63) is 24.3 Å². The van der Waals surface area contributed by atoms with Crippen LogP contribution in [0.3, 0.4) is 0 Å². The first-order valence-corrected chi connectivity index (χ1v) is 24.7. The number of allylic oxidation sites excluding steroid dienone is 4. The van der Waals surface area contributed by atoms with Gasteiger partial charge in [-0.05, 0) is 109 Å². The SMILES string of the molecule is CC/C=C\CCCCOC(CCC(=O)OCCCCCCN(CCCO)CCCCCCCC(=O)OCCC(CCCC)CCCCCC)OCCCC/C=C\CC. The molecule has 0 saturated heterocycles. The molecule has 1 N–H and O–H groups in total. The van der Waals surface area contributed by atoms with E-state index < -0.39 is 0 Å². The lowest BCUT2D eigenvalue weighted by molar-refractivity contribution is -0.159. The predicted octanol–water partition coefficient (Wildman–Crippen LogP) is 13.2. The predicted molar refractivity (Wildman–Crippen MR) is 244 cm³/mol. The number of aliphatic hydroxyl groups is 1. The topological polar surface area (TPSA) is 94.5 Å². The number of esters is 2. The van der Waals surface area contributed by atoms with Gasteiger partial charge in [-0.15, -0.1) is 0 Å². The fourth-order valence-corrected chi connectivity index (χ4v) is 7.19. The quantitative estimate of drug-likeness (QED) is 0.0281. The fourth-order valence-electron chi connectivity index (χ4n) is 7.19. The number of rotatable bonds is 46. The van der Waals surface area contributed by atoms with Crippen LogP contribution in [0.15, 0.2) is 24.3 Å². The molecule has 58 heavy (non-hydrogen) atoms. The van der Waals surface area contributed by atoms with E-state index in [9.17, 15) is 14.7 Å². The lowest BCUT2D eigenvalue weighted by atomic mass is 9.92. The largest absolute Gasteiger partial charge is 0.466 e. The van der Waals surface area contributed by atoms with Crippen LogP contribution in [0, 0.1) is 5.92 Å². The molecular weight excluding hydrogens is 727 g/mol. The Balaban J connectivity index is 4.16. The molecule has 0 spiro atoms. The van der Waals surface area contributed by atoms with Crippen LogP contribution in [-0.2, 0) is 28.5 Å². The van der Waals surface area contributed by atoms with E-state index >= 15 is 0 Å². The minimum atomic E-state index is -0.359. The first-order valence-electron chi connectivity index (χ1n) is 24.7. The Morgan fingerprint density at radius 2 is 1.00 bits per heavy atom. The second-order valence-electron chi connectivity index (χ2n) is 16.4. The van der Waals surface area contributed by atoms with Crippen molar-refractivity contribution in [3.63, 3.8) is 0 Å². The molecule has 0 aliphatic heterocycles. The maximum absolute atomic E-state index is 12.5. The highest BCUT2D eigenvalue weighted by atomic mass is 16.7. The van der Waals surface area contributed by atoms with E-state index in [2.05, 4.69) is 56.9 Å². The maximum atomic E-state index is 12.5. The Morgan fingerprint density at radius 3 is 1.62 bits per heavy atom. The number of aliphatic hydroxyl groups excluding tert-OH is 1. The van der Waals surface area contributed by atoms with Crippen molar-refractivity contribution in [1.29, 1.82) is 0 Å². The molecule has 0 aromatic carbocycles. The molecular formula is C50H95NO7. The standard InChI is InChI=1S/C50H95NO7/c1-5-9-13-16-22-30-44-57-50(58-45-31-23-17-14-10-6-2)37-36-49(54)55-43-29-24-21-28-40-51(41-32-42-52)39-27-20-18-19-26-35-48(53)56-46-38-47(33-12-8-4)34-25-15-11-7-3/h9-10,13-14,47,50,52H,5-8,11-12,15-46H2,1-4H3/b13-9-,14-10-. The van der Waals surface area contributed by atoms with Crippen LogP contribution in [0.4, 0.5) is 0 Å². The molecule has 0 rings (SSSR count). The van der Waals surface area contributed by atoms with E-state index in [0.717, 1.165) is 135 Å². The first-order chi connectivity index (χ1) is 28.5. The van der Waals surface area contributed by atoms with E-state index in [4.69, 9.17) is 18.9 Å². The molecule has 0 fully saturated rings. The van der Waals surface area contributed by atoms with Gasteiger partial charge in [-0.2, -0.15) is 0 Å². The molecule has 0 aliphatic carbocycles. The van der Waals surface area contributed by atoms with Gasteiger partial charge in [0.1, 0.15) is 0 Å². The number of unbranched alkanes of at least 4 members (excludes halogenated alkanes) is 15. The Kier molecular flexibility index (Phi) is 44.9. The van der Waals surface area contributed by atoms with E-state index in [1.165, 1.54) is 57.8 Å². The zero-order chi connectivity index (χ0) is 42.4. The summed E-state index contributed by atoms with van der Waals surface area (Å²) in [6.07, 6.45) is 40.1. The molecule has 1 unspecified atom stereocenters. The highest BCUT2D eigenvalue weighted by molar-refractivity contribution is 5.69. The van der Waals surface area contributed by atoms with Gasteiger partial charge in [0.15, 0.2) is 6.29 Å². The van der Waals surface area contributed by atoms with Crippen LogP contribution in [0.1, 0.15) is 220 Å². The molecule has 0 aliphatic rings. The van der Waals surface area contributed by atoms with Crippen molar-refractivity contribution in [2.75, 3.05) is 52.7 Å². The minimum Gasteiger partial charge on any atom is -0.466 e. The Morgan fingerprint density at radius 1 is 0.483 bits per heavy atom. The van der Waals surface area contributed by atoms with E-state index in [0.29, 0.717) is 51.6 Å². The van der Waals surface area contributed by atoms with Gasteiger partial charge in [0.2, 0.25) is 0 Å². The third-order valence-corrected chi connectivity index (χ3v) is 10.9. The Bertz CT molecular complexity index is 902. The van der Waals surface area contributed by atoms with Crippen LogP contribution in [0.2, 0.25) is 0 Å². The summed E-state index contributed by atoms with van der Waals surface area (Å²) in [5.74, 6) is 0.504. The van der Waals surface area contributed by atoms with E-state index in [1.54, 1.807) is 0 Å². The van der Waals surface area contributed by atoms with E-state index in [-0.39, 0.29) is 24.8 Å². The zero-order valence-electron chi connectivity index (χ0n) is 38.7. The molecule has 0 bridgehead atoms. The number of hydrogen-bond acceptors (Lipinski definition) is 8. The number of ether oxygens (including phenoxy) is 4. The van der Waals surface area contributed by atoms with Gasteiger partial charge in [-0.1, -0.05) is 135 Å². The summed E-state index contributed by atoms with van der Waals surface area (Å²) in [6.45, 7) is 14.4. The number of hydrogen-bond donors (Lipinski definition) is 1.